The molecule has 1 fully saturated rings. The predicted octanol–water partition coefficient (Wildman–Crippen LogP) is 0.270. The summed E-state index contributed by atoms with van der Waals surface area (Å²) in [5.74, 6) is 0.750. The van der Waals surface area contributed by atoms with Gasteiger partial charge in [-0.1, -0.05) is 0 Å². The standard InChI is InChI=1S/C14H22N4O2/c1-10(2)17-14(19)12-9-20-6-5-18(12)13-7-11(8-15)3-4-16-13/h3-4,7,10,12H,5-6,8-9,15H2,1-2H3,(H,17,19). The molecule has 2 rings (SSSR count). The maximum atomic E-state index is 12.3. The van der Waals surface area contributed by atoms with Crippen molar-refractivity contribution in [2.24, 2.45) is 5.73 Å². The number of carbonyl (C=O) groups excluding carboxylic acids is 1. The van der Waals surface area contributed by atoms with Crippen molar-refractivity contribution < 1.29 is 9.53 Å². The first-order chi connectivity index (χ1) is 9.61. The number of hydrogen-bond acceptors (Lipinski definition) is 5. The molecule has 1 aliphatic heterocycles. The summed E-state index contributed by atoms with van der Waals surface area (Å²) >= 11 is 0. The van der Waals surface area contributed by atoms with E-state index in [1.54, 1.807) is 6.20 Å². The third-order valence-corrected chi connectivity index (χ3v) is 3.20. The van der Waals surface area contributed by atoms with Gasteiger partial charge in [0.1, 0.15) is 11.9 Å². The molecule has 1 saturated heterocycles. The lowest BCUT2D eigenvalue weighted by Crippen LogP contribution is -2.55. The zero-order chi connectivity index (χ0) is 14.5. The smallest absolute Gasteiger partial charge is 0.245 e. The van der Waals surface area contributed by atoms with Crippen LogP contribution in [0.1, 0.15) is 19.4 Å². The van der Waals surface area contributed by atoms with Crippen LogP contribution in [0.2, 0.25) is 0 Å². The lowest BCUT2D eigenvalue weighted by atomic mass is 10.1. The molecular formula is C14H22N4O2. The molecule has 0 aromatic carbocycles. The molecule has 2 heterocycles. The van der Waals surface area contributed by atoms with Gasteiger partial charge in [-0.05, 0) is 31.5 Å². The molecule has 1 aliphatic rings. The second-order valence-electron chi connectivity index (χ2n) is 5.17. The second kappa shape index (κ2) is 6.67. The molecule has 6 nitrogen and oxygen atoms in total. The molecule has 0 aliphatic carbocycles. The van der Waals surface area contributed by atoms with Crippen molar-refractivity contribution in [2.75, 3.05) is 24.7 Å². The van der Waals surface area contributed by atoms with E-state index in [4.69, 9.17) is 10.5 Å². The molecule has 1 unspecified atom stereocenters. The van der Waals surface area contributed by atoms with E-state index in [-0.39, 0.29) is 18.0 Å². The Morgan fingerprint density at radius 1 is 1.65 bits per heavy atom. The van der Waals surface area contributed by atoms with Crippen LogP contribution in [-0.4, -0.2) is 42.7 Å². The number of aromatic nitrogens is 1. The van der Waals surface area contributed by atoms with Crippen LogP contribution >= 0.6 is 0 Å². The maximum absolute atomic E-state index is 12.3. The highest BCUT2D eigenvalue weighted by Gasteiger charge is 2.30. The summed E-state index contributed by atoms with van der Waals surface area (Å²) in [6.45, 7) is 5.98. The van der Waals surface area contributed by atoms with E-state index in [1.807, 2.05) is 30.9 Å². The summed E-state index contributed by atoms with van der Waals surface area (Å²) < 4.78 is 5.44. The van der Waals surface area contributed by atoms with Gasteiger partial charge in [0.2, 0.25) is 5.91 Å². The van der Waals surface area contributed by atoms with Crippen LogP contribution in [0, 0.1) is 0 Å². The Hall–Kier alpha value is -1.66. The number of anilines is 1. The molecule has 1 atom stereocenters. The van der Waals surface area contributed by atoms with E-state index >= 15 is 0 Å². The number of nitrogens with one attached hydrogen (secondary N) is 1. The molecule has 0 spiro atoms. The Morgan fingerprint density at radius 3 is 3.15 bits per heavy atom. The van der Waals surface area contributed by atoms with E-state index in [0.29, 0.717) is 26.3 Å². The molecule has 0 saturated carbocycles. The highest BCUT2D eigenvalue weighted by atomic mass is 16.5. The van der Waals surface area contributed by atoms with Crippen LogP contribution in [0.4, 0.5) is 5.82 Å². The van der Waals surface area contributed by atoms with Crippen LogP contribution in [0.3, 0.4) is 0 Å². The van der Waals surface area contributed by atoms with Crippen molar-refractivity contribution in [3.05, 3.63) is 23.9 Å². The first-order valence-electron chi connectivity index (χ1n) is 6.91. The van der Waals surface area contributed by atoms with Crippen LogP contribution in [0.25, 0.3) is 0 Å². The molecule has 110 valence electrons. The molecule has 0 radical (unpaired) electrons. The first kappa shape index (κ1) is 14.7. The lowest BCUT2D eigenvalue weighted by molar-refractivity contribution is -0.125. The SMILES string of the molecule is CC(C)NC(=O)C1COCCN1c1cc(CN)ccn1. The van der Waals surface area contributed by atoms with E-state index in [2.05, 4.69) is 10.3 Å². The van der Waals surface area contributed by atoms with Crippen LogP contribution in [0.15, 0.2) is 18.3 Å². The van der Waals surface area contributed by atoms with Gasteiger partial charge in [0.05, 0.1) is 13.2 Å². The van der Waals surface area contributed by atoms with Crippen LogP contribution < -0.4 is 16.0 Å². The Balaban J connectivity index is 2.19. The number of hydrogen-bond donors (Lipinski definition) is 2. The van der Waals surface area contributed by atoms with Gasteiger partial charge in [0.25, 0.3) is 0 Å². The highest BCUT2D eigenvalue weighted by molar-refractivity contribution is 5.85. The van der Waals surface area contributed by atoms with Gasteiger partial charge in [0.15, 0.2) is 0 Å². The van der Waals surface area contributed by atoms with Gasteiger partial charge < -0.3 is 20.7 Å². The maximum Gasteiger partial charge on any atom is 0.245 e. The number of amides is 1. The summed E-state index contributed by atoms with van der Waals surface area (Å²) in [4.78, 5) is 18.6. The second-order valence-corrected chi connectivity index (χ2v) is 5.17. The number of nitrogens with two attached hydrogens (primary N) is 1. The van der Waals surface area contributed by atoms with Gasteiger partial charge >= 0.3 is 0 Å². The number of rotatable bonds is 4. The Kier molecular flexibility index (Phi) is 4.92. The largest absolute Gasteiger partial charge is 0.377 e. The fraction of sp³-hybridized carbons (Fsp3) is 0.571. The summed E-state index contributed by atoms with van der Waals surface area (Å²) in [6, 6.07) is 3.58. The van der Waals surface area contributed by atoms with Gasteiger partial charge in [-0.2, -0.15) is 0 Å². The quantitative estimate of drug-likeness (QED) is 0.826. The van der Waals surface area contributed by atoms with Crippen molar-refractivity contribution >= 4 is 11.7 Å². The first-order valence-corrected chi connectivity index (χ1v) is 6.91. The fourth-order valence-electron chi connectivity index (χ4n) is 2.22. The summed E-state index contributed by atoms with van der Waals surface area (Å²) in [5, 5.41) is 2.93. The summed E-state index contributed by atoms with van der Waals surface area (Å²) in [7, 11) is 0. The monoisotopic (exact) mass is 278 g/mol. The van der Waals surface area contributed by atoms with Gasteiger partial charge in [0, 0.05) is 25.3 Å². The van der Waals surface area contributed by atoms with E-state index < -0.39 is 0 Å². The zero-order valence-corrected chi connectivity index (χ0v) is 12.0. The van der Waals surface area contributed by atoms with Crippen molar-refractivity contribution in [1.29, 1.82) is 0 Å². The van der Waals surface area contributed by atoms with Crippen molar-refractivity contribution in [1.82, 2.24) is 10.3 Å². The Morgan fingerprint density at radius 2 is 2.45 bits per heavy atom. The van der Waals surface area contributed by atoms with E-state index in [0.717, 1.165) is 11.4 Å². The average Bonchev–Trinajstić information content (AvgIpc) is 2.46. The zero-order valence-electron chi connectivity index (χ0n) is 12.0. The normalized spacial score (nSPS) is 19.2. The van der Waals surface area contributed by atoms with Gasteiger partial charge in [-0.3, -0.25) is 4.79 Å². The molecule has 6 heteroatoms. The Bertz CT molecular complexity index is 464. The minimum Gasteiger partial charge on any atom is -0.377 e. The summed E-state index contributed by atoms with van der Waals surface area (Å²) in [6.07, 6.45) is 1.73. The van der Waals surface area contributed by atoms with Crippen LogP contribution in [0.5, 0.6) is 0 Å². The lowest BCUT2D eigenvalue weighted by Gasteiger charge is -2.36. The van der Waals surface area contributed by atoms with Crippen molar-refractivity contribution in [2.45, 2.75) is 32.5 Å². The third-order valence-electron chi connectivity index (χ3n) is 3.20. The molecule has 1 amide bonds. The highest BCUT2D eigenvalue weighted by Crippen LogP contribution is 2.18. The number of nitrogens with zero attached hydrogens (tertiary/aromatic N) is 2. The molecule has 1 aromatic heterocycles. The number of morpholine rings is 1. The topological polar surface area (TPSA) is 80.5 Å². The van der Waals surface area contributed by atoms with E-state index in [1.165, 1.54) is 0 Å². The van der Waals surface area contributed by atoms with Crippen molar-refractivity contribution in [3.8, 4) is 0 Å². The average molecular weight is 278 g/mol. The number of ether oxygens (including phenoxy) is 1. The molecular weight excluding hydrogens is 256 g/mol. The Labute approximate surface area is 119 Å². The molecule has 0 bridgehead atoms. The minimum atomic E-state index is -0.341. The fourth-order valence-corrected chi connectivity index (χ4v) is 2.22. The minimum absolute atomic E-state index is 0.0281. The van der Waals surface area contributed by atoms with Gasteiger partial charge in [-0.15, -0.1) is 0 Å². The number of pyridine rings is 1. The molecule has 1 aromatic rings. The number of carbonyl (C=O) groups is 1. The molecule has 20 heavy (non-hydrogen) atoms. The summed E-state index contributed by atoms with van der Waals surface area (Å²) in [5.41, 5.74) is 6.66. The van der Waals surface area contributed by atoms with E-state index in [9.17, 15) is 4.79 Å². The predicted molar refractivity (Wildman–Crippen MR) is 77.4 cm³/mol. The van der Waals surface area contributed by atoms with Crippen molar-refractivity contribution in [3.63, 3.8) is 0 Å². The van der Waals surface area contributed by atoms with Gasteiger partial charge in [-0.25, -0.2) is 4.98 Å². The third kappa shape index (κ3) is 3.46. The molecule has 3 N–H and O–H groups in total. The van der Waals surface area contributed by atoms with Crippen LogP contribution in [-0.2, 0) is 16.1 Å².